The van der Waals surface area contributed by atoms with Crippen molar-refractivity contribution in [3.05, 3.63) is 0 Å². The van der Waals surface area contributed by atoms with E-state index in [1.807, 2.05) is 21.1 Å². The molecule has 0 radical (unpaired) electrons. The average molecular weight is 149 g/mol. The molecule has 0 aliphatic carbocycles. The van der Waals surface area contributed by atoms with E-state index < -0.39 is 6.47 Å². The number of carboxylic acid groups (broad SMARTS) is 1. The Labute approximate surface area is 61.3 Å². The van der Waals surface area contributed by atoms with Gasteiger partial charge in [-0.05, 0) is 0 Å². The normalized spacial score (nSPS) is 12.9. The molecule has 10 heavy (non-hydrogen) atoms. The highest BCUT2D eigenvalue weighted by atomic mass is 16.3. The van der Waals surface area contributed by atoms with Gasteiger partial charge < -0.3 is 19.5 Å². The van der Waals surface area contributed by atoms with Crippen LogP contribution in [0.15, 0.2) is 0 Å². The summed E-state index contributed by atoms with van der Waals surface area (Å²) in [6.07, 6.45) is -0.264. The summed E-state index contributed by atoms with van der Waals surface area (Å²) >= 11 is 0. The number of carbonyl (C=O) groups excluding carboxylic acids is 1. The summed E-state index contributed by atoms with van der Waals surface area (Å²) in [5.41, 5.74) is 0. The fraction of sp³-hybridized carbons (Fsp3) is 0.833. The van der Waals surface area contributed by atoms with Crippen molar-refractivity contribution in [1.82, 2.24) is 0 Å². The largest absolute Gasteiger partial charge is 0.554 e. The van der Waals surface area contributed by atoms with Gasteiger partial charge >= 0.3 is 0 Å². The van der Waals surface area contributed by atoms with E-state index in [1.165, 1.54) is 0 Å². The molecule has 0 saturated heterocycles. The minimum Gasteiger partial charge on any atom is -0.554 e. The highest BCUT2D eigenvalue weighted by Gasteiger charge is 2.12. The lowest BCUT2D eigenvalue weighted by atomic mass is 10.5. The molecule has 4 nitrogen and oxygen atoms in total. The van der Waals surface area contributed by atoms with Gasteiger partial charge in [-0.2, -0.15) is 0 Å². The first-order valence-electron chi connectivity index (χ1n) is 2.91. The molecule has 0 saturated carbocycles. The Morgan fingerprint density at radius 1 is 1.50 bits per heavy atom. The maximum Gasteiger partial charge on any atom is 0.187 e. The quantitative estimate of drug-likeness (QED) is 0.277. The van der Waals surface area contributed by atoms with Crippen LogP contribution in [0.25, 0.3) is 0 Å². The Balaban J connectivity index is 0. The van der Waals surface area contributed by atoms with Crippen molar-refractivity contribution < 1.29 is 19.5 Å². The minimum absolute atomic E-state index is 0.264. The second-order valence-corrected chi connectivity index (χ2v) is 2.84. The Bertz CT molecular complexity index is 85.5. The zero-order chi connectivity index (χ0) is 8.78. The van der Waals surface area contributed by atoms with E-state index in [9.17, 15) is 0 Å². The molecule has 0 aromatic rings. The standard InChI is InChI=1S/C5H14NO.CH2O2/c1-5(7)6(2,3)4;2-1-3/h5,7H,1-4H3;1H,(H,2,3)/q+1;/p-1. The van der Waals surface area contributed by atoms with Crippen LogP contribution < -0.4 is 5.11 Å². The molecule has 0 aliphatic heterocycles. The van der Waals surface area contributed by atoms with Crippen LogP contribution in [0.3, 0.4) is 0 Å². The van der Waals surface area contributed by atoms with E-state index in [1.54, 1.807) is 6.92 Å². The van der Waals surface area contributed by atoms with E-state index >= 15 is 0 Å². The molecule has 0 spiro atoms. The van der Waals surface area contributed by atoms with Crippen LogP contribution >= 0.6 is 0 Å². The third-order valence-corrected chi connectivity index (χ3v) is 1.12. The summed E-state index contributed by atoms with van der Waals surface area (Å²) in [5, 5.41) is 17.1. The predicted octanol–water partition coefficient (Wildman–Crippen LogP) is -1.60. The van der Waals surface area contributed by atoms with Gasteiger partial charge in [-0.1, -0.05) is 0 Å². The van der Waals surface area contributed by atoms with Gasteiger partial charge in [-0.25, -0.2) is 0 Å². The summed E-state index contributed by atoms with van der Waals surface area (Å²) in [7, 11) is 5.85. The molecule has 4 heteroatoms. The fourth-order valence-corrected chi connectivity index (χ4v) is 0. The Kier molecular flexibility index (Phi) is 6.29. The highest BCUT2D eigenvalue weighted by molar-refractivity contribution is 5.29. The molecule has 0 heterocycles. The van der Waals surface area contributed by atoms with Gasteiger partial charge in [-0.15, -0.1) is 0 Å². The van der Waals surface area contributed by atoms with Crippen molar-refractivity contribution in [2.24, 2.45) is 0 Å². The molecule has 0 aromatic heterocycles. The average Bonchev–Trinajstić information content (AvgIpc) is 1.64. The number of aliphatic hydroxyl groups is 1. The number of quaternary nitrogens is 1. The number of carbonyl (C=O) groups is 1. The summed E-state index contributed by atoms with van der Waals surface area (Å²) in [5.74, 6) is 0. The molecule has 0 bridgehead atoms. The number of hydrogen-bond donors (Lipinski definition) is 1. The van der Waals surface area contributed by atoms with Crippen LogP contribution in [-0.4, -0.2) is 43.4 Å². The second kappa shape index (κ2) is 5.20. The summed E-state index contributed by atoms with van der Waals surface area (Å²) < 4.78 is 0.611. The van der Waals surface area contributed by atoms with E-state index in [4.69, 9.17) is 15.0 Å². The van der Waals surface area contributed by atoms with Crippen molar-refractivity contribution in [1.29, 1.82) is 0 Å². The lowest BCUT2D eigenvalue weighted by Gasteiger charge is -2.26. The van der Waals surface area contributed by atoms with Gasteiger partial charge in [0.1, 0.15) is 0 Å². The first-order chi connectivity index (χ1) is 4.36. The van der Waals surface area contributed by atoms with Gasteiger partial charge in [0.15, 0.2) is 6.23 Å². The molecule has 0 aliphatic rings. The van der Waals surface area contributed by atoms with Crippen molar-refractivity contribution >= 4 is 6.47 Å². The van der Waals surface area contributed by atoms with Gasteiger partial charge in [0.2, 0.25) is 0 Å². The zero-order valence-electron chi connectivity index (χ0n) is 6.87. The van der Waals surface area contributed by atoms with Crippen LogP contribution in [0.5, 0.6) is 0 Å². The second-order valence-electron chi connectivity index (χ2n) is 2.84. The molecule has 1 unspecified atom stereocenters. The molecule has 1 N–H and O–H groups in total. The molecular formula is C6H15NO3. The summed E-state index contributed by atoms with van der Waals surface area (Å²) in [4.78, 5) is 8.25. The van der Waals surface area contributed by atoms with Crippen molar-refractivity contribution in [2.45, 2.75) is 13.2 Å². The fourth-order valence-electron chi connectivity index (χ4n) is 0. The molecular weight excluding hydrogens is 134 g/mol. The van der Waals surface area contributed by atoms with Crippen LogP contribution in [0.2, 0.25) is 0 Å². The monoisotopic (exact) mass is 149 g/mol. The van der Waals surface area contributed by atoms with Crippen molar-refractivity contribution in [2.75, 3.05) is 21.1 Å². The number of hydrogen-bond acceptors (Lipinski definition) is 3. The lowest BCUT2D eigenvalue weighted by Crippen LogP contribution is -2.42. The van der Waals surface area contributed by atoms with Crippen LogP contribution in [-0.2, 0) is 4.79 Å². The molecule has 62 valence electrons. The minimum atomic E-state index is -0.500. The van der Waals surface area contributed by atoms with Crippen molar-refractivity contribution in [3.63, 3.8) is 0 Å². The molecule has 1 atom stereocenters. The topological polar surface area (TPSA) is 60.4 Å². The van der Waals surface area contributed by atoms with Crippen LogP contribution in [0.4, 0.5) is 0 Å². The van der Waals surface area contributed by atoms with Gasteiger partial charge in [-0.3, -0.25) is 0 Å². The molecule has 0 aromatic carbocycles. The Morgan fingerprint density at radius 3 is 1.60 bits per heavy atom. The lowest BCUT2D eigenvalue weighted by molar-refractivity contribution is -0.916. The molecule has 0 rings (SSSR count). The van der Waals surface area contributed by atoms with Crippen LogP contribution in [0, 0.1) is 0 Å². The molecule has 0 amide bonds. The summed E-state index contributed by atoms with van der Waals surface area (Å²) in [6.45, 7) is 1.28. The van der Waals surface area contributed by atoms with E-state index in [2.05, 4.69) is 0 Å². The van der Waals surface area contributed by atoms with Gasteiger partial charge in [0.25, 0.3) is 0 Å². The van der Waals surface area contributed by atoms with E-state index in [0.29, 0.717) is 4.48 Å². The maximum absolute atomic E-state index is 8.86. The summed E-state index contributed by atoms with van der Waals surface area (Å²) in [6, 6.07) is 0. The first kappa shape index (κ1) is 12.1. The Hall–Kier alpha value is -0.610. The third kappa shape index (κ3) is 10.4. The maximum atomic E-state index is 8.86. The van der Waals surface area contributed by atoms with Gasteiger partial charge in [0, 0.05) is 13.4 Å². The SMILES string of the molecule is CC(O)[N+](C)(C)C.O=C[O-]. The number of nitrogens with zero attached hydrogens (tertiary/aromatic N) is 1. The Morgan fingerprint density at radius 2 is 1.60 bits per heavy atom. The highest BCUT2D eigenvalue weighted by Crippen LogP contribution is 1.94. The van der Waals surface area contributed by atoms with E-state index in [0.717, 1.165) is 0 Å². The zero-order valence-corrected chi connectivity index (χ0v) is 6.87. The first-order valence-corrected chi connectivity index (χ1v) is 2.91. The van der Waals surface area contributed by atoms with Crippen molar-refractivity contribution in [3.8, 4) is 0 Å². The third-order valence-electron chi connectivity index (χ3n) is 1.12. The molecule has 0 fully saturated rings. The van der Waals surface area contributed by atoms with Crippen LogP contribution in [0.1, 0.15) is 6.92 Å². The van der Waals surface area contributed by atoms with Gasteiger partial charge in [0.05, 0.1) is 21.1 Å². The smallest absolute Gasteiger partial charge is 0.187 e. The number of aliphatic hydroxyl groups excluding tert-OH is 1. The number of rotatable bonds is 1. The predicted molar refractivity (Wildman–Crippen MR) is 35.8 cm³/mol. The van der Waals surface area contributed by atoms with E-state index in [-0.39, 0.29) is 6.23 Å².